The summed E-state index contributed by atoms with van der Waals surface area (Å²) in [5.41, 5.74) is 0. The van der Waals surface area contributed by atoms with E-state index in [2.05, 4.69) is 12.6 Å². The zero-order valence-corrected chi connectivity index (χ0v) is 10.4. The topological polar surface area (TPSA) is 40.6 Å². The fraction of sp³-hybridized carbons (Fsp3) is 0.818. The Morgan fingerprint density at radius 1 is 1.38 bits per heavy atom. The fourth-order valence-corrected chi connectivity index (χ4v) is 2.89. The molecule has 4 nitrogen and oxygen atoms in total. The number of carbonyl (C=O) groups excluding carboxylic acids is 2. The van der Waals surface area contributed by atoms with Crippen LogP contribution in [0.25, 0.3) is 0 Å². The van der Waals surface area contributed by atoms with E-state index in [0.717, 1.165) is 32.5 Å². The molecule has 1 atom stereocenters. The van der Waals surface area contributed by atoms with Crippen molar-refractivity contribution in [1.82, 2.24) is 9.80 Å². The van der Waals surface area contributed by atoms with E-state index < -0.39 is 0 Å². The van der Waals surface area contributed by atoms with E-state index in [1.54, 1.807) is 6.92 Å². The minimum atomic E-state index is 0.137. The summed E-state index contributed by atoms with van der Waals surface area (Å²) in [6.07, 6.45) is 2.38. The maximum atomic E-state index is 11.7. The average molecular weight is 242 g/mol. The van der Waals surface area contributed by atoms with Crippen molar-refractivity contribution in [2.75, 3.05) is 19.6 Å². The van der Waals surface area contributed by atoms with Crippen LogP contribution < -0.4 is 0 Å². The van der Waals surface area contributed by atoms with E-state index in [1.807, 2.05) is 9.80 Å². The third kappa shape index (κ3) is 2.34. The molecule has 0 aromatic rings. The Morgan fingerprint density at radius 3 is 2.44 bits per heavy atom. The summed E-state index contributed by atoms with van der Waals surface area (Å²) in [7, 11) is 0. The van der Waals surface area contributed by atoms with Crippen LogP contribution in [0.4, 0.5) is 0 Å². The number of likely N-dealkylation sites (tertiary alicyclic amines) is 2. The quantitative estimate of drug-likeness (QED) is 0.681. The van der Waals surface area contributed by atoms with Gasteiger partial charge in [0.05, 0.1) is 0 Å². The van der Waals surface area contributed by atoms with Crippen LogP contribution >= 0.6 is 12.6 Å². The van der Waals surface area contributed by atoms with Gasteiger partial charge in [-0.25, -0.2) is 0 Å². The Bertz CT molecular complexity index is 300. The Morgan fingerprint density at radius 2 is 2.00 bits per heavy atom. The van der Waals surface area contributed by atoms with Gasteiger partial charge in [-0.05, 0) is 12.8 Å². The Kier molecular flexibility index (Phi) is 3.42. The largest absolute Gasteiger partial charge is 0.343 e. The van der Waals surface area contributed by atoms with Crippen LogP contribution in [0.3, 0.4) is 0 Å². The summed E-state index contributed by atoms with van der Waals surface area (Å²) in [5, 5.41) is 0.193. The number of nitrogens with zero attached hydrogens (tertiary/aromatic N) is 2. The number of hydrogen-bond acceptors (Lipinski definition) is 3. The lowest BCUT2D eigenvalue weighted by Gasteiger charge is -2.36. The molecule has 2 aliphatic rings. The van der Waals surface area contributed by atoms with Crippen molar-refractivity contribution in [3.05, 3.63) is 0 Å². The van der Waals surface area contributed by atoms with E-state index in [-0.39, 0.29) is 17.1 Å². The highest BCUT2D eigenvalue weighted by atomic mass is 32.1. The zero-order chi connectivity index (χ0) is 11.7. The van der Waals surface area contributed by atoms with Crippen LogP contribution in [-0.4, -0.2) is 52.5 Å². The van der Waals surface area contributed by atoms with Gasteiger partial charge in [0.15, 0.2) is 0 Å². The van der Waals surface area contributed by atoms with Gasteiger partial charge in [0, 0.05) is 44.3 Å². The maximum Gasteiger partial charge on any atom is 0.224 e. The molecule has 2 saturated heterocycles. The minimum absolute atomic E-state index is 0.137. The molecule has 0 saturated carbocycles. The molecule has 90 valence electrons. The molecular weight excluding hydrogens is 224 g/mol. The van der Waals surface area contributed by atoms with E-state index in [0.29, 0.717) is 12.5 Å². The Hall–Kier alpha value is -0.710. The van der Waals surface area contributed by atoms with Crippen LogP contribution in [0.5, 0.6) is 0 Å². The molecule has 0 bridgehead atoms. The molecular formula is C11H18N2O2S. The van der Waals surface area contributed by atoms with Crippen LogP contribution in [0.1, 0.15) is 26.2 Å². The van der Waals surface area contributed by atoms with Gasteiger partial charge in [-0.15, -0.1) is 0 Å². The van der Waals surface area contributed by atoms with Gasteiger partial charge in [0.2, 0.25) is 11.8 Å². The second-order valence-electron chi connectivity index (χ2n) is 4.64. The van der Waals surface area contributed by atoms with Crippen molar-refractivity contribution in [2.24, 2.45) is 0 Å². The first-order valence-electron chi connectivity index (χ1n) is 5.81. The normalized spacial score (nSPS) is 27.6. The van der Waals surface area contributed by atoms with Gasteiger partial charge in [0.25, 0.3) is 0 Å². The summed E-state index contributed by atoms with van der Waals surface area (Å²) in [6.45, 7) is 3.93. The van der Waals surface area contributed by atoms with E-state index in [1.165, 1.54) is 0 Å². The van der Waals surface area contributed by atoms with E-state index >= 15 is 0 Å². The van der Waals surface area contributed by atoms with Crippen LogP contribution in [0.2, 0.25) is 0 Å². The predicted molar refractivity (Wildman–Crippen MR) is 64.4 cm³/mol. The first-order chi connectivity index (χ1) is 7.58. The highest BCUT2D eigenvalue weighted by Crippen LogP contribution is 2.24. The summed E-state index contributed by atoms with van der Waals surface area (Å²) in [5.74, 6) is 0.361. The molecule has 0 aromatic heterocycles. The Labute approximate surface area is 101 Å². The molecule has 5 heteroatoms. The predicted octanol–water partition coefficient (Wildman–Crippen LogP) is 0.528. The van der Waals surface area contributed by atoms with Gasteiger partial charge in [-0.1, -0.05) is 0 Å². The summed E-state index contributed by atoms with van der Waals surface area (Å²) in [4.78, 5) is 26.7. The first kappa shape index (κ1) is 11.8. The number of carbonyl (C=O) groups is 2. The molecule has 0 spiro atoms. The molecule has 2 amide bonds. The van der Waals surface area contributed by atoms with E-state index in [9.17, 15) is 9.59 Å². The molecule has 0 N–H and O–H groups in total. The van der Waals surface area contributed by atoms with Gasteiger partial charge in [-0.3, -0.25) is 9.59 Å². The summed E-state index contributed by atoms with van der Waals surface area (Å²) < 4.78 is 0. The lowest BCUT2D eigenvalue weighted by Crippen LogP contribution is -2.46. The standard InChI is InChI=1S/C11H18N2O2S/c1-8(14)12-4-2-9(3-5-12)13-7-10(16)6-11(13)15/h9-10,16H,2-7H2,1H3. The molecule has 2 heterocycles. The first-order valence-corrected chi connectivity index (χ1v) is 6.32. The van der Waals surface area contributed by atoms with Crippen LogP contribution in [0.15, 0.2) is 0 Å². The summed E-state index contributed by atoms with van der Waals surface area (Å²) in [6, 6.07) is 0.320. The third-order valence-corrected chi connectivity index (χ3v) is 3.83. The Balaban J connectivity index is 1.89. The third-order valence-electron chi connectivity index (χ3n) is 3.49. The monoisotopic (exact) mass is 242 g/mol. The molecule has 2 fully saturated rings. The van der Waals surface area contributed by atoms with Crippen molar-refractivity contribution in [3.8, 4) is 0 Å². The summed E-state index contributed by atoms with van der Waals surface area (Å²) >= 11 is 4.35. The molecule has 0 radical (unpaired) electrons. The van der Waals surface area contributed by atoms with Gasteiger partial charge < -0.3 is 9.80 Å². The number of thiol groups is 1. The van der Waals surface area contributed by atoms with Gasteiger partial charge in [0.1, 0.15) is 0 Å². The van der Waals surface area contributed by atoms with Crippen molar-refractivity contribution in [3.63, 3.8) is 0 Å². The molecule has 16 heavy (non-hydrogen) atoms. The number of rotatable bonds is 1. The van der Waals surface area contributed by atoms with Gasteiger partial charge in [-0.2, -0.15) is 12.6 Å². The maximum absolute atomic E-state index is 11.7. The fourth-order valence-electron chi connectivity index (χ4n) is 2.56. The SMILES string of the molecule is CC(=O)N1CCC(N2CC(S)CC2=O)CC1. The van der Waals surface area contributed by atoms with Crippen molar-refractivity contribution in [1.29, 1.82) is 0 Å². The second-order valence-corrected chi connectivity index (χ2v) is 5.37. The zero-order valence-electron chi connectivity index (χ0n) is 9.56. The van der Waals surface area contributed by atoms with Crippen molar-refractivity contribution < 1.29 is 9.59 Å². The van der Waals surface area contributed by atoms with E-state index in [4.69, 9.17) is 0 Å². The molecule has 0 aliphatic carbocycles. The molecule has 0 aromatic carbocycles. The molecule has 1 unspecified atom stereocenters. The highest BCUT2D eigenvalue weighted by molar-refractivity contribution is 7.81. The number of hydrogen-bond donors (Lipinski definition) is 1. The highest BCUT2D eigenvalue weighted by Gasteiger charge is 2.34. The number of piperidine rings is 1. The lowest BCUT2D eigenvalue weighted by molar-refractivity contribution is -0.133. The van der Waals surface area contributed by atoms with Crippen LogP contribution in [-0.2, 0) is 9.59 Å². The molecule has 2 rings (SSSR count). The molecule has 2 aliphatic heterocycles. The van der Waals surface area contributed by atoms with Crippen LogP contribution in [0, 0.1) is 0 Å². The minimum Gasteiger partial charge on any atom is -0.343 e. The van der Waals surface area contributed by atoms with Gasteiger partial charge >= 0.3 is 0 Å². The smallest absolute Gasteiger partial charge is 0.224 e. The number of amides is 2. The van der Waals surface area contributed by atoms with Crippen molar-refractivity contribution >= 4 is 24.4 Å². The second kappa shape index (κ2) is 4.65. The average Bonchev–Trinajstić information content (AvgIpc) is 2.58. The lowest BCUT2D eigenvalue weighted by atomic mass is 10.0. The van der Waals surface area contributed by atoms with Crippen molar-refractivity contribution in [2.45, 2.75) is 37.5 Å².